The molecule has 1 aliphatic heterocycles. The fourth-order valence-corrected chi connectivity index (χ4v) is 2.62. The van der Waals surface area contributed by atoms with E-state index in [0.717, 1.165) is 36.3 Å². The second kappa shape index (κ2) is 5.45. The molecular weight excluding hydrogens is 236 g/mol. The Morgan fingerprint density at radius 3 is 2.74 bits per heavy atom. The van der Waals surface area contributed by atoms with Gasteiger partial charge in [0.15, 0.2) is 0 Å². The maximum Gasteiger partial charge on any atom is 0.128 e. The van der Waals surface area contributed by atoms with Crippen LogP contribution in [0.15, 0.2) is 48.5 Å². The van der Waals surface area contributed by atoms with Gasteiger partial charge in [-0.25, -0.2) is 0 Å². The lowest BCUT2D eigenvalue weighted by Crippen LogP contribution is -2.13. The number of aryl methyl sites for hydroxylation is 1. The van der Waals surface area contributed by atoms with Crippen LogP contribution >= 0.6 is 0 Å². The molecular formula is C17H18O2. The predicted octanol–water partition coefficient (Wildman–Crippen LogP) is 3.29. The van der Waals surface area contributed by atoms with Crippen LogP contribution in [-0.4, -0.2) is 11.7 Å². The van der Waals surface area contributed by atoms with E-state index in [1.165, 1.54) is 5.56 Å². The van der Waals surface area contributed by atoms with Crippen molar-refractivity contribution in [2.45, 2.75) is 25.4 Å². The lowest BCUT2D eigenvalue weighted by molar-refractivity contribution is 0.169. The van der Waals surface area contributed by atoms with E-state index in [1.807, 2.05) is 42.5 Å². The van der Waals surface area contributed by atoms with Gasteiger partial charge in [0.1, 0.15) is 5.75 Å². The molecule has 2 heteroatoms. The third-order valence-corrected chi connectivity index (χ3v) is 3.59. The lowest BCUT2D eigenvalue weighted by atomic mass is 9.96. The average molecular weight is 254 g/mol. The fourth-order valence-electron chi connectivity index (χ4n) is 2.62. The van der Waals surface area contributed by atoms with Gasteiger partial charge in [-0.3, -0.25) is 0 Å². The van der Waals surface area contributed by atoms with Crippen molar-refractivity contribution in [2.24, 2.45) is 0 Å². The average Bonchev–Trinajstić information content (AvgIpc) is 2.47. The van der Waals surface area contributed by atoms with Gasteiger partial charge in [0.05, 0.1) is 12.7 Å². The summed E-state index contributed by atoms with van der Waals surface area (Å²) in [6, 6.07) is 16.1. The molecule has 98 valence electrons. The van der Waals surface area contributed by atoms with E-state index in [1.54, 1.807) is 0 Å². The van der Waals surface area contributed by atoms with Crippen LogP contribution in [0.5, 0.6) is 5.75 Å². The molecule has 0 bridgehead atoms. The molecule has 1 unspecified atom stereocenters. The summed E-state index contributed by atoms with van der Waals surface area (Å²) in [5.74, 6) is 0.900. The van der Waals surface area contributed by atoms with Crippen LogP contribution in [0.4, 0.5) is 0 Å². The molecule has 0 saturated carbocycles. The van der Waals surface area contributed by atoms with E-state index in [9.17, 15) is 5.11 Å². The zero-order valence-electron chi connectivity index (χ0n) is 10.9. The molecule has 1 N–H and O–H groups in total. The molecule has 0 aliphatic carbocycles. The molecule has 1 atom stereocenters. The van der Waals surface area contributed by atoms with Crippen molar-refractivity contribution in [1.82, 2.24) is 0 Å². The number of aliphatic hydroxyl groups excluding tert-OH is 1. The topological polar surface area (TPSA) is 29.5 Å². The van der Waals surface area contributed by atoms with Crippen LogP contribution in [0.3, 0.4) is 0 Å². The van der Waals surface area contributed by atoms with Crippen molar-refractivity contribution in [3.63, 3.8) is 0 Å². The predicted molar refractivity (Wildman–Crippen MR) is 75.4 cm³/mol. The summed E-state index contributed by atoms with van der Waals surface area (Å²) in [6.07, 6.45) is 2.23. The van der Waals surface area contributed by atoms with E-state index in [0.29, 0.717) is 6.42 Å². The fraction of sp³-hybridized carbons (Fsp3) is 0.294. The minimum Gasteiger partial charge on any atom is -0.493 e. The summed E-state index contributed by atoms with van der Waals surface area (Å²) in [6.45, 7) is 0.752. The number of para-hydroxylation sites is 1. The molecule has 0 fully saturated rings. The van der Waals surface area contributed by atoms with Crippen molar-refractivity contribution < 1.29 is 9.84 Å². The number of ether oxygens (including phenoxy) is 1. The Kier molecular flexibility index (Phi) is 3.51. The van der Waals surface area contributed by atoms with Crippen LogP contribution in [0.1, 0.15) is 29.2 Å². The van der Waals surface area contributed by atoms with Gasteiger partial charge in [0, 0.05) is 12.0 Å². The molecule has 0 spiro atoms. The Labute approximate surface area is 113 Å². The van der Waals surface area contributed by atoms with Gasteiger partial charge in [-0.1, -0.05) is 48.5 Å². The quantitative estimate of drug-likeness (QED) is 0.910. The number of fused-ring (bicyclic) bond motifs is 1. The van der Waals surface area contributed by atoms with E-state index in [-0.39, 0.29) is 0 Å². The van der Waals surface area contributed by atoms with Gasteiger partial charge >= 0.3 is 0 Å². The summed E-state index contributed by atoms with van der Waals surface area (Å²) in [5.41, 5.74) is 3.28. The van der Waals surface area contributed by atoms with Gasteiger partial charge in [-0.2, -0.15) is 0 Å². The monoisotopic (exact) mass is 254 g/mol. The zero-order valence-corrected chi connectivity index (χ0v) is 10.9. The molecule has 3 rings (SSSR count). The maximum atomic E-state index is 10.4. The van der Waals surface area contributed by atoms with Crippen molar-refractivity contribution >= 4 is 0 Å². The summed E-state index contributed by atoms with van der Waals surface area (Å²) < 4.78 is 5.75. The number of hydrogen-bond donors (Lipinski definition) is 1. The summed E-state index contributed by atoms with van der Waals surface area (Å²) >= 11 is 0. The molecule has 1 heterocycles. The minimum atomic E-state index is -0.504. The van der Waals surface area contributed by atoms with Crippen molar-refractivity contribution in [3.05, 3.63) is 65.2 Å². The summed E-state index contributed by atoms with van der Waals surface area (Å²) in [5, 5.41) is 10.4. The van der Waals surface area contributed by atoms with Crippen molar-refractivity contribution in [1.29, 1.82) is 0 Å². The van der Waals surface area contributed by atoms with E-state index >= 15 is 0 Å². The first-order valence-electron chi connectivity index (χ1n) is 6.81. The first kappa shape index (κ1) is 12.2. The minimum absolute atomic E-state index is 0.504. The Morgan fingerprint density at radius 2 is 1.89 bits per heavy atom. The molecule has 19 heavy (non-hydrogen) atoms. The van der Waals surface area contributed by atoms with Gasteiger partial charge in [0.2, 0.25) is 0 Å². The molecule has 1 aliphatic rings. The number of hydrogen-bond acceptors (Lipinski definition) is 2. The first-order chi connectivity index (χ1) is 9.34. The first-order valence-corrected chi connectivity index (χ1v) is 6.81. The number of rotatable bonds is 3. The molecule has 0 saturated heterocycles. The van der Waals surface area contributed by atoms with E-state index in [4.69, 9.17) is 4.74 Å². The van der Waals surface area contributed by atoms with Crippen LogP contribution < -0.4 is 4.74 Å². The Bertz CT molecular complexity index is 548. The third kappa shape index (κ3) is 2.64. The van der Waals surface area contributed by atoms with Crippen LogP contribution in [0, 0.1) is 0 Å². The summed E-state index contributed by atoms with van der Waals surface area (Å²) in [7, 11) is 0. The third-order valence-electron chi connectivity index (χ3n) is 3.59. The van der Waals surface area contributed by atoms with Gasteiger partial charge in [0.25, 0.3) is 0 Å². The van der Waals surface area contributed by atoms with Gasteiger partial charge in [-0.15, -0.1) is 0 Å². The lowest BCUT2D eigenvalue weighted by Gasteiger charge is -2.22. The van der Waals surface area contributed by atoms with Crippen molar-refractivity contribution in [2.75, 3.05) is 6.61 Å². The van der Waals surface area contributed by atoms with E-state index < -0.39 is 6.10 Å². The number of aliphatic hydroxyl groups is 1. The maximum absolute atomic E-state index is 10.4. The molecule has 2 aromatic rings. The Balaban J connectivity index is 1.86. The smallest absolute Gasteiger partial charge is 0.128 e. The Hall–Kier alpha value is -1.80. The Morgan fingerprint density at radius 1 is 1.05 bits per heavy atom. The van der Waals surface area contributed by atoms with Crippen LogP contribution in [0.2, 0.25) is 0 Å². The second-order valence-electron chi connectivity index (χ2n) is 4.99. The standard InChI is InChI=1S/C17H18O2/c18-16(12-13-6-2-1-3-7-13)15-10-4-8-14-9-5-11-19-17(14)15/h1-4,6-8,10,16,18H,5,9,11-12H2. The van der Waals surface area contributed by atoms with Crippen LogP contribution in [0.25, 0.3) is 0 Å². The highest BCUT2D eigenvalue weighted by Gasteiger charge is 2.19. The second-order valence-corrected chi connectivity index (χ2v) is 4.99. The molecule has 0 amide bonds. The summed E-state index contributed by atoms with van der Waals surface area (Å²) in [4.78, 5) is 0. The molecule has 0 aromatic heterocycles. The van der Waals surface area contributed by atoms with Crippen LogP contribution in [-0.2, 0) is 12.8 Å². The highest BCUT2D eigenvalue weighted by molar-refractivity contribution is 5.44. The van der Waals surface area contributed by atoms with E-state index in [2.05, 4.69) is 6.07 Å². The molecule has 0 radical (unpaired) electrons. The normalized spacial score (nSPS) is 15.4. The van der Waals surface area contributed by atoms with Gasteiger partial charge < -0.3 is 9.84 Å². The molecule has 2 nitrogen and oxygen atoms in total. The molecule has 2 aromatic carbocycles. The van der Waals surface area contributed by atoms with Gasteiger partial charge in [-0.05, 0) is 24.0 Å². The largest absolute Gasteiger partial charge is 0.493 e. The van der Waals surface area contributed by atoms with Crippen molar-refractivity contribution in [3.8, 4) is 5.75 Å². The number of benzene rings is 2. The zero-order chi connectivity index (χ0) is 13.1. The highest BCUT2D eigenvalue weighted by atomic mass is 16.5. The highest BCUT2D eigenvalue weighted by Crippen LogP contribution is 2.34. The SMILES string of the molecule is OC(Cc1ccccc1)c1cccc2c1OCCC2.